The third kappa shape index (κ3) is 3.90. The van der Waals surface area contributed by atoms with Gasteiger partial charge in [0.2, 0.25) is 5.89 Å². The summed E-state index contributed by atoms with van der Waals surface area (Å²) >= 11 is 5.81. The van der Waals surface area contributed by atoms with Crippen LogP contribution in [0, 0.1) is 10.1 Å². The average molecular weight is 360 g/mol. The first-order valence-electron chi connectivity index (χ1n) is 6.94. The van der Waals surface area contributed by atoms with Crippen molar-refractivity contribution in [3.05, 3.63) is 63.7 Å². The monoisotopic (exact) mass is 359 g/mol. The molecule has 25 heavy (non-hydrogen) atoms. The quantitative estimate of drug-likeness (QED) is 0.537. The van der Waals surface area contributed by atoms with E-state index in [1.54, 1.807) is 30.3 Å². The zero-order valence-corrected chi connectivity index (χ0v) is 13.2. The van der Waals surface area contributed by atoms with Gasteiger partial charge in [-0.05, 0) is 30.3 Å². The topological polar surface area (TPSA) is 123 Å². The number of rotatable bonds is 4. The number of urea groups is 1. The van der Waals surface area contributed by atoms with Crippen molar-refractivity contribution in [1.82, 2.24) is 10.2 Å². The number of nitrogens with zero attached hydrogens (tertiary/aromatic N) is 3. The molecule has 2 aromatic carbocycles. The molecule has 0 aliphatic heterocycles. The summed E-state index contributed by atoms with van der Waals surface area (Å²) in [5, 5.41) is 23.7. The summed E-state index contributed by atoms with van der Waals surface area (Å²) in [7, 11) is 0. The maximum absolute atomic E-state index is 12.0. The number of nitrogens with one attached hydrogen (secondary N) is 2. The summed E-state index contributed by atoms with van der Waals surface area (Å²) in [6.07, 6.45) is 0. The highest BCUT2D eigenvalue weighted by Gasteiger charge is 2.16. The zero-order valence-electron chi connectivity index (χ0n) is 12.5. The lowest BCUT2D eigenvalue weighted by Gasteiger charge is -2.04. The molecule has 0 atom stereocenters. The van der Waals surface area contributed by atoms with E-state index in [9.17, 15) is 14.9 Å². The Morgan fingerprint density at radius 1 is 1.08 bits per heavy atom. The van der Waals surface area contributed by atoms with Gasteiger partial charge >= 0.3 is 12.0 Å². The van der Waals surface area contributed by atoms with Crippen LogP contribution in [0.3, 0.4) is 0 Å². The third-order valence-electron chi connectivity index (χ3n) is 3.09. The molecule has 0 aliphatic carbocycles. The predicted octanol–water partition coefficient (Wildman–Crippen LogP) is 3.94. The van der Waals surface area contributed by atoms with Crippen molar-refractivity contribution in [2.45, 2.75) is 0 Å². The molecule has 0 radical (unpaired) electrons. The first kappa shape index (κ1) is 16.4. The van der Waals surface area contributed by atoms with E-state index in [0.29, 0.717) is 10.6 Å². The maximum atomic E-state index is 12.0. The van der Waals surface area contributed by atoms with Crippen LogP contribution in [0.4, 0.5) is 22.2 Å². The van der Waals surface area contributed by atoms with E-state index in [2.05, 4.69) is 20.8 Å². The van der Waals surface area contributed by atoms with Crippen LogP contribution in [0.25, 0.3) is 11.5 Å². The SMILES string of the molecule is O=C(Nc1nnc(-c2ccc(Cl)cc2)o1)Nc1ccccc1[N+](=O)[O-]. The van der Waals surface area contributed by atoms with E-state index >= 15 is 0 Å². The highest BCUT2D eigenvalue weighted by Crippen LogP contribution is 2.24. The number of carbonyl (C=O) groups is 1. The molecule has 0 saturated heterocycles. The number of carbonyl (C=O) groups excluding carboxylic acids is 1. The van der Waals surface area contributed by atoms with Gasteiger partial charge in [0.25, 0.3) is 5.69 Å². The number of nitro groups is 1. The molecule has 0 unspecified atom stereocenters. The van der Waals surface area contributed by atoms with Crippen LogP contribution in [0.5, 0.6) is 0 Å². The molecule has 0 saturated carbocycles. The Hall–Kier alpha value is -3.46. The molecule has 0 spiro atoms. The lowest BCUT2D eigenvalue weighted by Crippen LogP contribution is -2.20. The van der Waals surface area contributed by atoms with Gasteiger partial charge in [0.1, 0.15) is 5.69 Å². The van der Waals surface area contributed by atoms with Gasteiger partial charge in [0.05, 0.1) is 4.92 Å². The molecule has 0 bridgehead atoms. The zero-order chi connectivity index (χ0) is 17.8. The van der Waals surface area contributed by atoms with E-state index in [1.165, 1.54) is 18.2 Å². The van der Waals surface area contributed by atoms with E-state index in [-0.39, 0.29) is 23.3 Å². The fraction of sp³-hybridized carbons (Fsp3) is 0. The lowest BCUT2D eigenvalue weighted by molar-refractivity contribution is -0.383. The Morgan fingerprint density at radius 3 is 2.52 bits per heavy atom. The maximum Gasteiger partial charge on any atom is 0.327 e. The van der Waals surface area contributed by atoms with Crippen molar-refractivity contribution in [1.29, 1.82) is 0 Å². The molecule has 3 aromatic rings. The van der Waals surface area contributed by atoms with Crippen molar-refractivity contribution in [3.63, 3.8) is 0 Å². The van der Waals surface area contributed by atoms with Gasteiger partial charge in [0.15, 0.2) is 0 Å². The summed E-state index contributed by atoms with van der Waals surface area (Å²) in [6.45, 7) is 0. The van der Waals surface area contributed by atoms with Crippen molar-refractivity contribution >= 4 is 35.0 Å². The molecule has 126 valence electrons. The van der Waals surface area contributed by atoms with Crippen LogP contribution in [-0.4, -0.2) is 21.2 Å². The predicted molar refractivity (Wildman–Crippen MR) is 90.5 cm³/mol. The van der Waals surface area contributed by atoms with Crippen molar-refractivity contribution in [3.8, 4) is 11.5 Å². The Kier molecular flexibility index (Phi) is 4.57. The van der Waals surface area contributed by atoms with Gasteiger partial charge in [-0.3, -0.25) is 15.4 Å². The van der Waals surface area contributed by atoms with E-state index in [1.807, 2.05) is 0 Å². The Morgan fingerprint density at radius 2 is 1.80 bits per heavy atom. The fourth-order valence-electron chi connectivity index (χ4n) is 1.97. The van der Waals surface area contributed by atoms with E-state index in [4.69, 9.17) is 16.0 Å². The Labute approximate surface area is 145 Å². The van der Waals surface area contributed by atoms with Gasteiger partial charge in [-0.1, -0.05) is 28.8 Å². The van der Waals surface area contributed by atoms with Crippen LogP contribution in [0.15, 0.2) is 52.9 Å². The molecule has 0 aliphatic rings. The summed E-state index contributed by atoms with van der Waals surface area (Å²) in [5.41, 5.74) is 0.441. The Bertz CT molecular complexity index is 926. The smallest absolute Gasteiger partial charge is 0.327 e. The van der Waals surface area contributed by atoms with Gasteiger partial charge in [-0.15, -0.1) is 5.10 Å². The van der Waals surface area contributed by atoms with Crippen molar-refractivity contribution in [2.24, 2.45) is 0 Å². The van der Waals surface area contributed by atoms with Crippen LogP contribution < -0.4 is 10.6 Å². The van der Waals surface area contributed by atoms with Crippen LogP contribution >= 0.6 is 11.6 Å². The number of halogens is 1. The number of anilines is 2. The minimum atomic E-state index is -0.749. The molecule has 10 heteroatoms. The third-order valence-corrected chi connectivity index (χ3v) is 3.34. The number of benzene rings is 2. The second-order valence-electron chi connectivity index (χ2n) is 4.77. The largest absolute Gasteiger partial charge is 0.403 e. The molecular formula is C15H10ClN5O4. The highest BCUT2D eigenvalue weighted by molar-refractivity contribution is 6.30. The molecule has 1 heterocycles. The Balaban J connectivity index is 1.70. The second kappa shape index (κ2) is 6.97. The summed E-state index contributed by atoms with van der Waals surface area (Å²) in [4.78, 5) is 22.3. The fourth-order valence-corrected chi connectivity index (χ4v) is 2.10. The molecule has 9 nitrogen and oxygen atoms in total. The first-order chi connectivity index (χ1) is 12.0. The van der Waals surface area contributed by atoms with Crippen LogP contribution in [0.1, 0.15) is 0 Å². The van der Waals surface area contributed by atoms with Gasteiger partial charge < -0.3 is 9.73 Å². The molecular weight excluding hydrogens is 350 g/mol. The van der Waals surface area contributed by atoms with Crippen molar-refractivity contribution in [2.75, 3.05) is 10.6 Å². The van der Waals surface area contributed by atoms with Crippen LogP contribution in [-0.2, 0) is 0 Å². The minimum absolute atomic E-state index is 0.0439. The first-order valence-corrected chi connectivity index (χ1v) is 7.31. The molecule has 2 N–H and O–H groups in total. The second-order valence-corrected chi connectivity index (χ2v) is 5.21. The minimum Gasteiger partial charge on any atom is -0.403 e. The number of para-hydroxylation sites is 2. The summed E-state index contributed by atoms with van der Waals surface area (Å²) < 4.78 is 5.32. The molecule has 2 amide bonds. The number of nitro benzene ring substituents is 1. The van der Waals surface area contributed by atoms with Crippen molar-refractivity contribution < 1.29 is 14.1 Å². The molecule has 1 aromatic heterocycles. The number of aromatic nitrogens is 2. The van der Waals surface area contributed by atoms with E-state index in [0.717, 1.165) is 0 Å². The standard InChI is InChI=1S/C15H10ClN5O4/c16-10-7-5-9(6-8-10)13-19-20-15(25-13)18-14(22)17-11-3-1-2-4-12(11)21(23)24/h1-8H,(H2,17,18,20,22). The number of hydrogen-bond acceptors (Lipinski definition) is 6. The number of amides is 2. The molecule has 0 fully saturated rings. The van der Waals surface area contributed by atoms with Crippen LogP contribution in [0.2, 0.25) is 5.02 Å². The lowest BCUT2D eigenvalue weighted by atomic mass is 10.2. The number of hydrogen-bond donors (Lipinski definition) is 2. The summed E-state index contributed by atoms with van der Waals surface area (Å²) in [6, 6.07) is 11.5. The average Bonchev–Trinajstić information content (AvgIpc) is 3.04. The van der Waals surface area contributed by atoms with E-state index < -0.39 is 11.0 Å². The van der Waals surface area contributed by atoms with Gasteiger partial charge in [0, 0.05) is 16.7 Å². The molecule has 3 rings (SSSR count). The summed E-state index contributed by atoms with van der Waals surface area (Å²) in [5.74, 6) is 0.192. The normalized spacial score (nSPS) is 10.3. The van der Waals surface area contributed by atoms with Gasteiger partial charge in [-0.25, -0.2) is 4.79 Å². The van der Waals surface area contributed by atoms with Gasteiger partial charge in [-0.2, -0.15) is 0 Å². The highest BCUT2D eigenvalue weighted by atomic mass is 35.5.